The summed E-state index contributed by atoms with van der Waals surface area (Å²) in [6.07, 6.45) is 2.43. The minimum atomic E-state index is -1.52. The van der Waals surface area contributed by atoms with Crippen molar-refractivity contribution in [3.05, 3.63) is 95.6 Å². The second kappa shape index (κ2) is 11.6. The summed E-state index contributed by atoms with van der Waals surface area (Å²) in [6.45, 7) is 0.994. The Balaban J connectivity index is 1.36. The van der Waals surface area contributed by atoms with Crippen LogP contribution in [0.15, 0.2) is 72.8 Å². The van der Waals surface area contributed by atoms with E-state index in [1.165, 1.54) is 0 Å². The first-order valence-electron chi connectivity index (χ1n) is 13.9. The van der Waals surface area contributed by atoms with Crippen LogP contribution in [0, 0.1) is 11.6 Å². The normalized spacial score (nSPS) is 21.1. The Kier molecular flexibility index (Phi) is 7.75. The van der Waals surface area contributed by atoms with E-state index in [-0.39, 0.29) is 35.9 Å². The molecule has 3 aromatic rings. The molecule has 2 aliphatic heterocycles. The summed E-state index contributed by atoms with van der Waals surface area (Å²) in [5.41, 5.74) is 1.97. The summed E-state index contributed by atoms with van der Waals surface area (Å²) >= 11 is 0. The molecule has 1 saturated heterocycles. The number of hydrogen-bond donors (Lipinski definition) is 1. The summed E-state index contributed by atoms with van der Waals surface area (Å²) in [6, 6.07) is 19.7. The first-order valence-corrected chi connectivity index (χ1v) is 15.1. The van der Waals surface area contributed by atoms with Crippen LogP contribution in [-0.2, 0) is 20.6 Å². The van der Waals surface area contributed by atoms with E-state index in [4.69, 9.17) is 4.74 Å². The SMILES string of the molecule is O=C(NS(=O)C1CC1)[C@@H]1C[C@H](N2CCCOc3cc(F)c(F)cc32)CN1C(=O)C(c1ccccc1)c1ccccc1. The number of amides is 2. The number of carbonyl (C=O) groups excluding carboxylic acids is 2. The van der Waals surface area contributed by atoms with Gasteiger partial charge in [0.25, 0.3) is 5.91 Å². The largest absolute Gasteiger partial charge is 0.491 e. The van der Waals surface area contributed by atoms with Gasteiger partial charge in [-0.25, -0.2) is 13.0 Å². The third-order valence-electron chi connectivity index (χ3n) is 7.96. The van der Waals surface area contributed by atoms with E-state index >= 15 is 0 Å². The first kappa shape index (κ1) is 27.4. The van der Waals surface area contributed by atoms with Crippen molar-refractivity contribution < 1.29 is 27.3 Å². The molecule has 2 fully saturated rings. The minimum Gasteiger partial charge on any atom is -0.491 e. The summed E-state index contributed by atoms with van der Waals surface area (Å²) in [5.74, 6) is -3.14. The molecule has 7 nitrogen and oxygen atoms in total. The number of likely N-dealkylation sites (tertiary alicyclic amines) is 1. The van der Waals surface area contributed by atoms with Crippen LogP contribution >= 0.6 is 0 Å². The van der Waals surface area contributed by atoms with Crippen LogP contribution in [0.5, 0.6) is 5.75 Å². The van der Waals surface area contributed by atoms with E-state index in [2.05, 4.69) is 4.72 Å². The predicted octanol–water partition coefficient (Wildman–Crippen LogP) is 4.30. The molecular weight excluding hydrogens is 548 g/mol. The monoisotopic (exact) mass is 579 g/mol. The van der Waals surface area contributed by atoms with Crippen molar-refractivity contribution in [1.29, 1.82) is 0 Å². The number of hydrogen-bond acceptors (Lipinski definition) is 5. The Bertz CT molecular complexity index is 1410. The second-order valence-corrected chi connectivity index (χ2v) is 12.2. The number of nitrogens with zero attached hydrogens (tertiary/aromatic N) is 2. The van der Waals surface area contributed by atoms with Crippen molar-refractivity contribution in [2.45, 2.75) is 48.9 Å². The van der Waals surface area contributed by atoms with Crippen molar-refractivity contribution >= 4 is 28.5 Å². The zero-order valence-corrected chi connectivity index (χ0v) is 23.2. The summed E-state index contributed by atoms with van der Waals surface area (Å²) < 4.78 is 49.5. The molecule has 0 bridgehead atoms. The Labute approximate surface area is 240 Å². The molecule has 3 atom stereocenters. The third kappa shape index (κ3) is 5.70. The molecule has 214 valence electrons. The van der Waals surface area contributed by atoms with Crippen LogP contribution in [0.3, 0.4) is 0 Å². The zero-order chi connectivity index (χ0) is 28.5. The van der Waals surface area contributed by atoms with Gasteiger partial charge in [-0.1, -0.05) is 60.7 Å². The summed E-state index contributed by atoms with van der Waals surface area (Å²) in [5, 5.41) is -0.0609. The highest BCUT2D eigenvalue weighted by Gasteiger charge is 2.46. The molecule has 2 amide bonds. The van der Waals surface area contributed by atoms with Crippen LogP contribution in [0.4, 0.5) is 14.5 Å². The maximum atomic E-state index is 14.5. The molecule has 1 unspecified atom stereocenters. The van der Waals surface area contributed by atoms with Gasteiger partial charge >= 0.3 is 0 Å². The lowest BCUT2D eigenvalue weighted by Gasteiger charge is -2.31. The van der Waals surface area contributed by atoms with Crippen LogP contribution in [-0.4, -0.2) is 58.0 Å². The van der Waals surface area contributed by atoms with Gasteiger partial charge in [0, 0.05) is 31.3 Å². The van der Waals surface area contributed by atoms with Crippen molar-refractivity contribution in [2.24, 2.45) is 0 Å². The fourth-order valence-corrected chi connectivity index (χ4v) is 6.84. The Hall–Kier alpha value is -3.79. The Morgan fingerprint density at radius 1 is 0.951 bits per heavy atom. The summed E-state index contributed by atoms with van der Waals surface area (Å²) in [7, 11) is -1.52. The quantitative estimate of drug-likeness (QED) is 0.452. The van der Waals surface area contributed by atoms with Gasteiger partial charge in [-0.15, -0.1) is 0 Å². The number of anilines is 1. The highest BCUT2D eigenvalue weighted by atomic mass is 32.2. The van der Waals surface area contributed by atoms with Crippen molar-refractivity contribution in [2.75, 3.05) is 24.6 Å². The minimum absolute atomic E-state index is 0.0609. The van der Waals surface area contributed by atoms with Crippen LogP contribution in [0.25, 0.3) is 0 Å². The maximum Gasteiger partial charge on any atom is 0.254 e. The van der Waals surface area contributed by atoms with Crippen molar-refractivity contribution in [3.8, 4) is 5.75 Å². The molecule has 0 aromatic heterocycles. The average Bonchev–Trinajstić information content (AvgIpc) is 3.77. The van der Waals surface area contributed by atoms with Gasteiger partial charge in [0.05, 0.1) is 23.5 Å². The van der Waals surface area contributed by atoms with Crippen molar-refractivity contribution in [3.63, 3.8) is 0 Å². The van der Waals surface area contributed by atoms with E-state index < -0.39 is 40.5 Å². The number of fused-ring (bicyclic) bond motifs is 1. The van der Waals surface area contributed by atoms with E-state index in [1.807, 2.05) is 65.6 Å². The van der Waals surface area contributed by atoms with Gasteiger partial charge in [-0.05, 0) is 36.8 Å². The Morgan fingerprint density at radius 3 is 2.22 bits per heavy atom. The molecule has 2 heterocycles. The van der Waals surface area contributed by atoms with E-state index in [0.29, 0.717) is 25.3 Å². The highest BCUT2D eigenvalue weighted by molar-refractivity contribution is 7.84. The molecule has 0 spiro atoms. The number of carbonyl (C=O) groups is 2. The lowest BCUT2D eigenvalue weighted by atomic mass is 9.90. The lowest BCUT2D eigenvalue weighted by molar-refractivity contribution is -0.138. The Morgan fingerprint density at radius 2 is 1.59 bits per heavy atom. The number of benzene rings is 3. The van der Waals surface area contributed by atoms with Gasteiger partial charge in [0.1, 0.15) is 22.8 Å². The maximum absolute atomic E-state index is 14.5. The van der Waals surface area contributed by atoms with Crippen LogP contribution < -0.4 is 14.4 Å². The smallest absolute Gasteiger partial charge is 0.254 e. The van der Waals surface area contributed by atoms with E-state index in [9.17, 15) is 22.6 Å². The lowest BCUT2D eigenvalue weighted by Crippen LogP contribution is -2.48. The van der Waals surface area contributed by atoms with E-state index in [1.54, 1.807) is 4.90 Å². The number of ether oxygens (including phenoxy) is 1. The number of rotatable bonds is 7. The fourth-order valence-electron chi connectivity index (χ4n) is 5.77. The molecule has 1 saturated carbocycles. The average molecular weight is 580 g/mol. The van der Waals surface area contributed by atoms with Crippen LogP contribution in [0.2, 0.25) is 0 Å². The molecule has 0 radical (unpaired) electrons. The third-order valence-corrected chi connectivity index (χ3v) is 9.44. The second-order valence-electron chi connectivity index (χ2n) is 10.7. The van der Waals surface area contributed by atoms with Gasteiger partial charge in [-0.2, -0.15) is 0 Å². The van der Waals surface area contributed by atoms with Crippen molar-refractivity contribution in [1.82, 2.24) is 9.62 Å². The summed E-state index contributed by atoms with van der Waals surface area (Å²) in [4.78, 5) is 31.5. The standard InChI is InChI=1S/C31H31F2N3O4S/c32-24-17-26-28(18-25(24)33)40-15-7-14-35(26)22-16-27(30(37)34-41(39)23-12-13-23)36(19-22)31(38)29(20-8-3-1-4-9-20)21-10-5-2-6-11-21/h1-6,8-11,17-18,22-23,27,29H,7,12-16,19H2,(H,34,37)/t22-,27-,41?/m0/s1. The number of halogens is 2. The van der Waals surface area contributed by atoms with Crippen LogP contribution in [0.1, 0.15) is 42.7 Å². The molecule has 41 heavy (non-hydrogen) atoms. The zero-order valence-electron chi connectivity index (χ0n) is 22.4. The molecular formula is C31H31F2N3O4S. The van der Waals surface area contributed by atoms with E-state index in [0.717, 1.165) is 36.1 Å². The molecule has 10 heteroatoms. The fraction of sp³-hybridized carbons (Fsp3) is 0.355. The molecule has 3 aliphatic rings. The molecule has 3 aromatic carbocycles. The number of nitrogens with one attached hydrogen (secondary N) is 1. The van der Waals surface area contributed by atoms with Gasteiger partial charge in [0.15, 0.2) is 11.6 Å². The first-order chi connectivity index (χ1) is 19.9. The van der Waals surface area contributed by atoms with Gasteiger partial charge in [-0.3, -0.25) is 14.3 Å². The highest BCUT2D eigenvalue weighted by Crippen LogP contribution is 2.38. The van der Waals surface area contributed by atoms with Gasteiger partial charge in [0.2, 0.25) is 5.91 Å². The molecule has 1 aliphatic carbocycles. The predicted molar refractivity (Wildman–Crippen MR) is 152 cm³/mol. The van der Waals surface area contributed by atoms with Gasteiger partial charge < -0.3 is 14.5 Å². The molecule has 1 N–H and O–H groups in total. The topological polar surface area (TPSA) is 79.0 Å². The molecule has 6 rings (SSSR count).